The molecule has 1 fully saturated rings. The summed E-state index contributed by atoms with van der Waals surface area (Å²) in [6.45, 7) is 6.34. The Labute approximate surface area is 98.2 Å². The molecule has 0 aromatic heterocycles. The maximum absolute atomic E-state index is 11.6. The Kier molecular flexibility index (Phi) is 5.73. The number of rotatable bonds is 4. The van der Waals surface area contributed by atoms with E-state index in [1.165, 1.54) is 0 Å². The Morgan fingerprint density at radius 2 is 1.81 bits per heavy atom. The second-order valence-electron chi connectivity index (χ2n) is 4.55. The molecular formula is C11H24N4O. The molecule has 0 saturated carbocycles. The van der Waals surface area contributed by atoms with Crippen LogP contribution in [0.2, 0.25) is 0 Å². The van der Waals surface area contributed by atoms with Crippen molar-refractivity contribution in [3.8, 4) is 0 Å². The first-order valence-corrected chi connectivity index (χ1v) is 5.98. The molecule has 0 spiro atoms. The van der Waals surface area contributed by atoms with Gasteiger partial charge in [0.15, 0.2) is 0 Å². The molecule has 0 bridgehead atoms. The lowest BCUT2D eigenvalue weighted by Crippen LogP contribution is -2.39. The third-order valence-electron chi connectivity index (χ3n) is 2.98. The molecule has 1 amide bonds. The van der Waals surface area contributed by atoms with Crippen LogP contribution in [-0.4, -0.2) is 80.5 Å². The molecule has 5 nitrogen and oxygen atoms in total. The molecule has 1 saturated heterocycles. The summed E-state index contributed by atoms with van der Waals surface area (Å²) in [5, 5.41) is 0. The SMILES string of the molecule is CN(C)C(=O)CN1CCCN(CCN)CC1. The predicted molar refractivity (Wildman–Crippen MR) is 65.2 cm³/mol. The highest BCUT2D eigenvalue weighted by Gasteiger charge is 2.16. The smallest absolute Gasteiger partial charge is 0.236 e. The van der Waals surface area contributed by atoms with E-state index in [-0.39, 0.29) is 5.91 Å². The zero-order valence-corrected chi connectivity index (χ0v) is 10.5. The minimum Gasteiger partial charge on any atom is -0.348 e. The summed E-state index contributed by atoms with van der Waals surface area (Å²) in [7, 11) is 3.61. The summed E-state index contributed by atoms with van der Waals surface area (Å²) < 4.78 is 0. The maximum Gasteiger partial charge on any atom is 0.236 e. The maximum atomic E-state index is 11.6. The number of hydrogen-bond acceptors (Lipinski definition) is 4. The largest absolute Gasteiger partial charge is 0.348 e. The minimum absolute atomic E-state index is 0.187. The van der Waals surface area contributed by atoms with Gasteiger partial charge in [-0.05, 0) is 19.5 Å². The molecule has 0 radical (unpaired) electrons. The summed E-state index contributed by atoms with van der Waals surface area (Å²) in [5.41, 5.74) is 5.55. The van der Waals surface area contributed by atoms with E-state index in [0.29, 0.717) is 6.54 Å². The van der Waals surface area contributed by atoms with Gasteiger partial charge in [0.2, 0.25) is 5.91 Å². The van der Waals surface area contributed by atoms with Crippen LogP contribution >= 0.6 is 0 Å². The number of carbonyl (C=O) groups excluding carboxylic acids is 1. The fraction of sp³-hybridized carbons (Fsp3) is 0.909. The van der Waals surface area contributed by atoms with E-state index in [1.54, 1.807) is 19.0 Å². The molecule has 5 heteroatoms. The molecule has 1 aliphatic rings. The first-order valence-electron chi connectivity index (χ1n) is 5.98. The summed E-state index contributed by atoms with van der Waals surface area (Å²) in [6, 6.07) is 0. The lowest BCUT2D eigenvalue weighted by Gasteiger charge is -2.22. The number of hydrogen-bond donors (Lipinski definition) is 1. The van der Waals surface area contributed by atoms with Gasteiger partial charge < -0.3 is 15.5 Å². The fourth-order valence-electron chi connectivity index (χ4n) is 1.92. The fourth-order valence-corrected chi connectivity index (χ4v) is 1.92. The Bertz CT molecular complexity index is 220. The molecule has 0 unspecified atom stereocenters. The van der Waals surface area contributed by atoms with E-state index < -0.39 is 0 Å². The van der Waals surface area contributed by atoms with Gasteiger partial charge in [-0.2, -0.15) is 0 Å². The van der Waals surface area contributed by atoms with Crippen LogP contribution in [0.3, 0.4) is 0 Å². The van der Waals surface area contributed by atoms with Crippen molar-refractivity contribution in [3.63, 3.8) is 0 Å². The first-order chi connectivity index (χ1) is 7.63. The summed E-state index contributed by atoms with van der Waals surface area (Å²) in [4.78, 5) is 17.8. The average Bonchev–Trinajstić information content (AvgIpc) is 2.44. The summed E-state index contributed by atoms with van der Waals surface area (Å²) in [5.74, 6) is 0.187. The highest BCUT2D eigenvalue weighted by Crippen LogP contribution is 2.02. The predicted octanol–water partition coefficient (Wildman–Crippen LogP) is -0.959. The monoisotopic (exact) mass is 228 g/mol. The summed E-state index contributed by atoms with van der Waals surface area (Å²) in [6.07, 6.45) is 1.13. The van der Waals surface area contributed by atoms with Crippen molar-refractivity contribution in [1.82, 2.24) is 14.7 Å². The number of nitrogens with zero attached hydrogens (tertiary/aromatic N) is 3. The van der Waals surface area contributed by atoms with Gasteiger partial charge in [0.25, 0.3) is 0 Å². The van der Waals surface area contributed by atoms with Crippen LogP contribution in [0.1, 0.15) is 6.42 Å². The zero-order valence-electron chi connectivity index (χ0n) is 10.5. The second kappa shape index (κ2) is 6.83. The lowest BCUT2D eigenvalue weighted by atomic mass is 10.3. The second-order valence-corrected chi connectivity index (χ2v) is 4.55. The average molecular weight is 228 g/mol. The van der Waals surface area contributed by atoms with E-state index in [0.717, 1.165) is 45.7 Å². The third kappa shape index (κ3) is 4.47. The highest BCUT2D eigenvalue weighted by molar-refractivity contribution is 5.77. The van der Waals surface area contributed by atoms with E-state index in [1.807, 2.05) is 0 Å². The molecule has 16 heavy (non-hydrogen) atoms. The van der Waals surface area contributed by atoms with Crippen LogP contribution in [0, 0.1) is 0 Å². The quantitative estimate of drug-likeness (QED) is 0.673. The molecular weight excluding hydrogens is 204 g/mol. The molecule has 94 valence electrons. The van der Waals surface area contributed by atoms with Crippen molar-refractivity contribution >= 4 is 5.91 Å². The molecule has 0 aromatic rings. The van der Waals surface area contributed by atoms with Gasteiger partial charge in [-0.1, -0.05) is 0 Å². The van der Waals surface area contributed by atoms with Crippen molar-refractivity contribution in [2.75, 3.05) is 59.9 Å². The van der Waals surface area contributed by atoms with Crippen LogP contribution in [0.15, 0.2) is 0 Å². The molecule has 0 aliphatic carbocycles. The van der Waals surface area contributed by atoms with Crippen LogP contribution in [0.25, 0.3) is 0 Å². The third-order valence-corrected chi connectivity index (χ3v) is 2.98. The van der Waals surface area contributed by atoms with Crippen molar-refractivity contribution < 1.29 is 4.79 Å². The van der Waals surface area contributed by atoms with Gasteiger partial charge >= 0.3 is 0 Å². The highest BCUT2D eigenvalue weighted by atomic mass is 16.2. The number of nitrogens with two attached hydrogens (primary N) is 1. The van der Waals surface area contributed by atoms with Gasteiger partial charge in [-0.25, -0.2) is 0 Å². The minimum atomic E-state index is 0.187. The zero-order chi connectivity index (χ0) is 12.0. The molecule has 0 atom stereocenters. The van der Waals surface area contributed by atoms with E-state index >= 15 is 0 Å². The first kappa shape index (κ1) is 13.4. The number of amides is 1. The van der Waals surface area contributed by atoms with Crippen molar-refractivity contribution in [1.29, 1.82) is 0 Å². The molecule has 1 rings (SSSR count). The van der Waals surface area contributed by atoms with Crippen molar-refractivity contribution in [2.45, 2.75) is 6.42 Å². The molecule has 0 aromatic carbocycles. The molecule has 1 aliphatic heterocycles. The van der Waals surface area contributed by atoms with E-state index in [2.05, 4.69) is 9.80 Å². The molecule has 2 N–H and O–H groups in total. The number of carbonyl (C=O) groups is 1. The van der Waals surface area contributed by atoms with Crippen molar-refractivity contribution in [3.05, 3.63) is 0 Å². The van der Waals surface area contributed by atoms with Gasteiger partial charge in [0.05, 0.1) is 6.54 Å². The van der Waals surface area contributed by atoms with E-state index in [9.17, 15) is 4.79 Å². The van der Waals surface area contributed by atoms with Gasteiger partial charge in [-0.3, -0.25) is 9.69 Å². The van der Waals surface area contributed by atoms with Gasteiger partial charge in [0.1, 0.15) is 0 Å². The van der Waals surface area contributed by atoms with Crippen LogP contribution in [0.4, 0.5) is 0 Å². The van der Waals surface area contributed by atoms with E-state index in [4.69, 9.17) is 5.73 Å². The lowest BCUT2D eigenvalue weighted by molar-refractivity contribution is -0.129. The van der Waals surface area contributed by atoms with Crippen LogP contribution in [0.5, 0.6) is 0 Å². The topological polar surface area (TPSA) is 52.8 Å². The van der Waals surface area contributed by atoms with Gasteiger partial charge in [-0.15, -0.1) is 0 Å². The van der Waals surface area contributed by atoms with Gasteiger partial charge in [0, 0.05) is 40.3 Å². The number of likely N-dealkylation sites (N-methyl/N-ethyl adjacent to an activating group) is 1. The van der Waals surface area contributed by atoms with Crippen molar-refractivity contribution in [2.24, 2.45) is 5.73 Å². The van der Waals surface area contributed by atoms with Crippen LogP contribution in [-0.2, 0) is 4.79 Å². The summed E-state index contributed by atoms with van der Waals surface area (Å²) >= 11 is 0. The normalized spacial score (nSPS) is 19.4. The Balaban J connectivity index is 2.32. The Morgan fingerprint density at radius 3 is 2.44 bits per heavy atom. The standard InChI is InChI=1S/C11H24N4O/c1-13(2)11(16)10-15-6-3-5-14(7-4-12)8-9-15/h3-10,12H2,1-2H3. The Hall–Kier alpha value is -0.650. The molecule has 1 heterocycles. The Morgan fingerprint density at radius 1 is 1.19 bits per heavy atom. The van der Waals surface area contributed by atoms with Crippen LogP contribution < -0.4 is 5.73 Å².